The van der Waals surface area contributed by atoms with Crippen molar-refractivity contribution in [1.82, 2.24) is 5.32 Å². The SMILES string of the molecule is Cl.Cl.NCCN(N)c1ccc(CNC(=O)OCc2ccccc2)cc1. The van der Waals surface area contributed by atoms with E-state index in [1.165, 1.54) is 0 Å². The zero-order chi connectivity index (χ0) is 16.5. The van der Waals surface area contributed by atoms with Crippen LogP contribution < -0.4 is 21.9 Å². The summed E-state index contributed by atoms with van der Waals surface area (Å²) in [5, 5.41) is 4.31. The molecule has 0 radical (unpaired) electrons. The van der Waals surface area contributed by atoms with Crippen LogP contribution in [0.2, 0.25) is 0 Å². The van der Waals surface area contributed by atoms with Gasteiger partial charge >= 0.3 is 6.09 Å². The lowest BCUT2D eigenvalue weighted by Gasteiger charge is -2.17. The normalized spacial score (nSPS) is 9.36. The van der Waals surface area contributed by atoms with E-state index in [0.717, 1.165) is 16.8 Å². The van der Waals surface area contributed by atoms with E-state index in [1.807, 2.05) is 54.6 Å². The lowest BCUT2D eigenvalue weighted by atomic mass is 10.2. The highest BCUT2D eigenvalue weighted by Crippen LogP contribution is 2.12. The van der Waals surface area contributed by atoms with Gasteiger partial charge in [-0.2, -0.15) is 0 Å². The van der Waals surface area contributed by atoms with E-state index in [4.69, 9.17) is 16.3 Å². The van der Waals surface area contributed by atoms with Gasteiger partial charge in [-0.15, -0.1) is 24.8 Å². The third-order valence-corrected chi connectivity index (χ3v) is 3.29. The first-order valence-electron chi connectivity index (χ1n) is 7.45. The minimum atomic E-state index is -0.443. The van der Waals surface area contributed by atoms with Crippen LogP contribution in [0.15, 0.2) is 54.6 Å². The molecule has 0 fully saturated rings. The number of halogens is 2. The van der Waals surface area contributed by atoms with Gasteiger partial charge in [0.15, 0.2) is 0 Å². The number of hydrogen-bond donors (Lipinski definition) is 3. The fraction of sp³-hybridized carbons (Fsp3) is 0.235. The summed E-state index contributed by atoms with van der Waals surface area (Å²) in [5.41, 5.74) is 8.26. The van der Waals surface area contributed by atoms with Crippen molar-refractivity contribution >= 4 is 36.6 Å². The standard InChI is InChI=1S/C17H22N4O2.2ClH/c18-10-11-21(19)16-8-6-14(7-9-16)12-20-17(22)23-13-15-4-2-1-3-5-15;;/h1-9H,10-13,18-19H2,(H,20,22);2*1H. The number of ether oxygens (including phenoxy) is 1. The maximum Gasteiger partial charge on any atom is 0.407 e. The maximum absolute atomic E-state index is 11.7. The highest BCUT2D eigenvalue weighted by Gasteiger charge is 2.04. The molecule has 2 rings (SSSR count). The average molecular weight is 387 g/mol. The van der Waals surface area contributed by atoms with E-state index in [2.05, 4.69) is 5.32 Å². The molecule has 0 heterocycles. The predicted molar refractivity (Wildman–Crippen MR) is 105 cm³/mol. The number of hydrogen-bond acceptors (Lipinski definition) is 5. The molecule has 0 spiro atoms. The second-order valence-corrected chi connectivity index (χ2v) is 5.06. The molecular weight excluding hydrogens is 363 g/mol. The summed E-state index contributed by atoms with van der Waals surface area (Å²) < 4.78 is 5.15. The Bertz CT molecular complexity index is 612. The molecule has 0 aliphatic heterocycles. The third kappa shape index (κ3) is 8.09. The van der Waals surface area contributed by atoms with Gasteiger partial charge in [0.25, 0.3) is 0 Å². The number of nitrogens with one attached hydrogen (secondary N) is 1. The van der Waals surface area contributed by atoms with Gasteiger partial charge in [-0.3, -0.25) is 0 Å². The van der Waals surface area contributed by atoms with Crippen molar-refractivity contribution in [3.8, 4) is 0 Å². The number of rotatable bonds is 7. The highest BCUT2D eigenvalue weighted by atomic mass is 35.5. The van der Waals surface area contributed by atoms with Crippen molar-refractivity contribution in [2.75, 3.05) is 18.1 Å². The first-order valence-corrected chi connectivity index (χ1v) is 7.45. The Morgan fingerprint density at radius 1 is 1.00 bits per heavy atom. The highest BCUT2D eigenvalue weighted by molar-refractivity contribution is 5.85. The number of anilines is 1. The number of carbonyl (C=O) groups is 1. The minimum Gasteiger partial charge on any atom is -0.445 e. The van der Waals surface area contributed by atoms with Crippen LogP contribution in [0.25, 0.3) is 0 Å². The van der Waals surface area contributed by atoms with Gasteiger partial charge in [-0.05, 0) is 23.3 Å². The van der Waals surface area contributed by atoms with Crippen LogP contribution in [-0.4, -0.2) is 19.2 Å². The van der Waals surface area contributed by atoms with E-state index < -0.39 is 6.09 Å². The van der Waals surface area contributed by atoms with Gasteiger partial charge in [-0.25, -0.2) is 10.6 Å². The summed E-state index contributed by atoms with van der Waals surface area (Å²) in [6.07, 6.45) is -0.443. The lowest BCUT2D eigenvalue weighted by molar-refractivity contribution is 0.139. The number of benzene rings is 2. The smallest absolute Gasteiger partial charge is 0.407 e. The van der Waals surface area contributed by atoms with E-state index >= 15 is 0 Å². The number of amides is 1. The molecule has 1 amide bonds. The molecule has 0 aromatic heterocycles. The van der Waals surface area contributed by atoms with Crippen LogP contribution in [-0.2, 0) is 17.9 Å². The summed E-state index contributed by atoms with van der Waals surface area (Å²) in [4.78, 5) is 11.7. The van der Waals surface area contributed by atoms with Crippen LogP contribution in [0.1, 0.15) is 11.1 Å². The molecule has 5 N–H and O–H groups in total. The first-order chi connectivity index (χ1) is 11.2. The Labute approximate surface area is 160 Å². The van der Waals surface area contributed by atoms with Gasteiger partial charge in [0, 0.05) is 19.6 Å². The molecule has 0 aliphatic rings. The van der Waals surface area contributed by atoms with E-state index in [-0.39, 0.29) is 31.4 Å². The van der Waals surface area contributed by atoms with Crippen LogP contribution in [0.4, 0.5) is 10.5 Å². The summed E-state index contributed by atoms with van der Waals surface area (Å²) in [7, 11) is 0. The van der Waals surface area contributed by atoms with Crippen LogP contribution >= 0.6 is 24.8 Å². The van der Waals surface area contributed by atoms with Gasteiger partial charge in [0.1, 0.15) is 6.61 Å². The molecule has 138 valence electrons. The molecule has 0 saturated heterocycles. The van der Waals surface area contributed by atoms with Crippen LogP contribution in [0.3, 0.4) is 0 Å². The monoisotopic (exact) mass is 386 g/mol. The third-order valence-electron chi connectivity index (χ3n) is 3.29. The molecule has 6 nitrogen and oxygen atoms in total. The summed E-state index contributed by atoms with van der Waals surface area (Å²) in [5.74, 6) is 5.84. The zero-order valence-electron chi connectivity index (χ0n) is 13.8. The fourth-order valence-electron chi connectivity index (χ4n) is 2.02. The topological polar surface area (TPSA) is 93.6 Å². The van der Waals surface area contributed by atoms with Crippen molar-refractivity contribution in [3.63, 3.8) is 0 Å². The average Bonchev–Trinajstić information content (AvgIpc) is 2.59. The first kappa shape index (κ1) is 23.0. The van der Waals surface area contributed by atoms with Crippen LogP contribution in [0.5, 0.6) is 0 Å². The Morgan fingerprint density at radius 2 is 1.64 bits per heavy atom. The minimum absolute atomic E-state index is 0. The molecular formula is C17H24Cl2N4O2. The van der Waals surface area contributed by atoms with Gasteiger partial charge < -0.3 is 20.8 Å². The van der Waals surface area contributed by atoms with Gasteiger partial charge in [0.05, 0.1) is 5.69 Å². The van der Waals surface area contributed by atoms with Crippen molar-refractivity contribution in [2.24, 2.45) is 11.6 Å². The quantitative estimate of drug-likeness (QED) is 0.502. The van der Waals surface area contributed by atoms with Crippen molar-refractivity contribution in [2.45, 2.75) is 13.2 Å². The number of alkyl carbamates (subject to hydrolysis) is 1. The molecule has 0 atom stereocenters. The zero-order valence-corrected chi connectivity index (χ0v) is 15.4. The molecule has 0 saturated carbocycles. The number of hydrazine groups is 1. The lowest BCUT2D eigenvalue weighted by Crippen LogP contribution is -2.35. The Kier molecular flexibility index (Phi) is 11.4. The Morgan fingerprint density at radius 3 is 2.24 bits per heavy atom. The van der Waals surface area contributed by atoms with Crippen molar-refractivity contribution in [3.05, 3.63) is 65.7 Å². The van der Waals surface area contributed by atoms with E-state index in [0.29, 0.717) is 19.6 Å². The summed E-state index contributed by atoms with van der Waals surface area (Å²) in [6, 6.07) is 17.1. The van der Waals surface area contributed by atoms with Crippen molar-refractivity contribution in [1.29, 1.82) is 0 Å². The Balaban J connectivity index is 0.00000288. The molecule has 0 bridgehead atoms. The largest absolute Gasteiger partial charge is 0.445 e. The van der Waals surface area contributed by atoms with Crippen LogP contribution in [0, 0.1) is 0 Å². The number of carbonyl (C=O) groups excluding carboxylic acids is 1. The number of nitrogens with zero attached hydrogens (tertiary/aromatic N) is 1. The fourth-order valence-corrected chi connectivity index (χ4v) is 2.02. The van der Waals surface area contributed by atoms with Crippen molar-refractivity contribution < 1.29 is 9.53 Å². The molecule has 2 aromatic carbocycles. The molecule has 0 aliphatic carbocycles. The van der Waals surface area contributed by atoms with E-state index in [9.17, 15) is 4.79 Å². The van der Waals surface area contributed by atoms with E-state index in [1.54, 1.807) is 5.01 Å². The molecule has 0 unspecified atom stereocenters. The molecule has 8 heteroatoms. The van der Waals surface area contributed by atoms with Gasteiger partial charge in [0.2, 0.25) is 0 Å². The summed E-state index contributed by atoms with van der Waals surface area (Å²) >= 11 is 0. The number of nitrogens with two attached hydrogens (primary N) is 2. The Hall–Kier alpha value is -1.99. The maximum atomic E-state index is 11.7. The van der Waals surface area contributed by atoms with Gasteiger partial charge in [-0.1, -0.05) is 42.5 Å². The second-order valence-electron chi connectivity index (χ2n) is 5.06. The molecule has 25 heavy (non-hydrogen) atoms. The second kappa shape index (κ2) is 12.4. The summed E-state index contributed by atoms with van der Waals surface area (Å²) in [6.45, 7) is 1.73. The molecule has 2 aromatic rings. The predicted octanol–water partition coefficient (Wildman–Crippen LogP) is 2.60.